The van der Waals surface area contributed by atoms with Gasteiger partial charge >= 0.3 is 0 Å². The molecular weight excluding hydrogens is 190 g/mol. The van der Waals surface area contributed by atoms with E-state index in [0.717, 1.165) is 25.7 Å². The first-order chi connectivity index (χ1) is 5.97. The summed E-state index contributed by atoms with van der Waals surface area (Å²) in [6, 6.07) is 0. The van der Waals surface area contributed by atoms with Gasteiger partial charge in [0.15, 0.2) is 0 Å². The first-order valence-electron chi connectivity index (χ1n) is 4.47. The minimum absolute atomic E-state index is 0.0633. The average Bonchev–Trinajstić information content (AvgIpc) is 2.33. The van der Waals surface area contributed by atoms with Gasteiger partial charge in [0.1, 0.15) is 0 Å². The molecule has 0 spiro atoms. The van der Waals surface area contributed by atoms with Crippen LogP contribution in [0.15, 0.2) is 0 Å². The molecular formula is C8H17NO3S. The second-order valence-corrected chi connectivity index (χ2v) is 5.56. The summed E-state index contributed by atoms with van der Waals surface area (Å²) in [5.74, 6) is 0.0633. The lowest BCUT2D eigenvalue weighted by Gasteiger charge is -2.26. The van der Waals surface area contributed by atoms with Crippen LogP contribution in [0.25, 0.3) is 0 Å². The van der Waals surface area contributed by atoms with E-state index in [4.69, 9.17) is 9.88 Å². The van der Waals surface area contributed by atoms with Crippen molar-refractivity contribution in [2.45, 2.75) is 25.7 Å². The Hall–Kier alpha value is -0.130. The fraction of sp³-hybridized carbons (Fsp3) is 1.00. The minimum Gasteiger partial charge on any atom is -0.384 e. The summed E-state index contributed by atoms with van der Waals surface area (Å²) in [5.41, 5.74) is -0.206. The van der Waals surface area contributed by atoms with Gasteiger partial charge in [-0.05, 0) is 12.8 Å². The molecule has 0 unspecified atom stereocenters. The van der Waals surface area contributed by atoms with Crippen molar-refractivity contribution < 1.29 is 13.2 Å². The van der Waals surface area contributed by atoms with Crippen LogP contribution in [-0.4, -0.2) is 27.9 Å². The highest BCUT2D eigenvalue weighted by molar-refractivity contribution is 7.89. The summed E-state index contributed by atoms with van der Waals surface area (Å²) in [7, 11) is -1.77. The number of primary sulfonamides is 1. The maximum absolute atomic E-state index is 11.0. The zero-order valence-electron chi connectivity index (χ0n) is 7.95. The summed E-state index contributed by atoms with van der Waals surface area (Å²) < 4.78 is 27.0. The van der Waals surface area contributed by atoms with Gasteiger partial charge in [-0.1, -0.05) is 12.8 Å². The third-order valence-corrected chi connectivity index (χ3v) is 3.64. The van der Waals surface area contributed by atoms with Gasteiger partial charge < -0.3 is 4.74 Å². The van der Waals surface area contributed by atoms with E-state index in [2.05, 4.69) is 0 Å². The summed E-state index contributed by atoms with van der Waals surface area (Å²) in [6.07, 6.45) is 3.99. The van der Waals surface area contributed by atoms with Crippen LogP contribution in [0.1, 0.15) is 25.7 Å². The molecule has 0 bridgehead atoms. The molecule has 78 valence electrons. The van der Waals surface area contributed by atoms with Gasteiger partial charge in [0.25, 0.3) is 0 Å². The maximum Gasteiger partial charge on any atom is 0.209 e. The highest BCUT2D eigenvalue weighted by Gasteiger charge is 2.37. The first-order valence-corrected chi connectivity index (χ1v) is 6.18. The molecule has 5 heteroatoms. The van der Waals surface area contributed by atoms with Crippen LogP contribution >= 0.6 is 0 Å². The quantitative estimate of drug-likeness (QED) is 0.729. The molecule has 0 aromatic carbocycles. The second kappa shape index (κ2) is 3.94. The van der Waals surface area contributed by atoms with E-state index >= 15 is 0 Å². The maximum atomic E-state index is 11.0. The van der Waals surface area contributed by atoms with Crippen LogP contribution in [0.5, 0.6) is 0 Å². The molecule has 2 N–H and O–H groups in total. The third-order valence-electron chi connectivity index (χ3n) is 2.62. The van der Waals surface area contributed by atoms with Gasteiger partial charge in [0.2, 0.25) is 10.0 Å². The van der Waals surface area contributed by atoms with Crippen LogP contribution in [0.4, 0.5) is 0 Å². The zero-order chi connectivity index (χ0) is 9.95. The van der Waals surface area contributed by atoms with Crippen LogP contribution in [0.2, 0.25) is 0 Å². The largest absolute Gasteiger partial charge is 0.384 e. The van der Waals surface area contributed by atoms with E-state index in [-0.39, 0.29) is 11.2 Å². The molecule has 0 amide bonds. The molecule has 4 nitrogen and oxygen atoms in total. The Morgan fingerprint density at radius 3 is 2.31 bits per heavy atom. The molecule has 0 heterocycles. The van der Waals surface area contributed by atoms with Gasteiger partial charge in [-0.3, -0.25) is 0 Å². The molecule has 0 aromatic rings. The highest BCUT2D eigenvalue weighted by atomic mass is 32.2. The Balaban J connectivity index is 2.67. The van der Waals surface area contributed by atoms with Gasteiger partial charge in [-0.2, -0.15) is 0 Å². The standard InChI is InChI=1S/C8H17NO3S/c1-12-6-8(4-2-3-5-8)7-13(9,10)11/h2-7H2,1H3,(H2,9,10,11). The second-order valence-electron chi connectivity index (χ2n) is 3.95. The van der Waals surface area contributed by atoms with Crippen LogP contribution in [-0.2, 0) is 14.8 Å². The molecule has 1 fully saturated rings. The molecule has 0 atom stereocenters. The average molecular weight is 207 g/mol. The van der Waals surface area contributed by atoms with Crippen molar-refractivity contribution in [2.24, 2.45) is 10.6 Å². The lowest BCUT2D eigenvalue weighted by atomic mass is 9.90. The number of rotatable bonds is 4. The van der Waals surface area contributed by atoms with Crippen LogP contribution < -0.4 is 5.14 Å². The summed E-state index contributed by atoms with van der Waals surface area (Å²) >= 11 is 0. The predicted molar refractivity (Wildman–Crippen MR) is 50.8 cm³/mol. The van der Waals surface area contributed by atoms with Crippen molar-refractivity contribution in [1.82, 2.24) is 0 Å². The topological polar surface area (TPSA) is 69.4 Å². The van der Waals surface area contributed by atoms with Gasteiger partial charge in [0, 0.05) is 12.5 Å². The Kier molecular flexibility index (Phi) is 3.32. The fourth-order valence-corrected chi connectivity index (χ4v) is 3.41. The molecule has 1 rings (SSSR count). The number of methoxy groups -OCH3 is 1. The molecule has 0 aliphatic heterocycles. The SMILES string of the molecule is COCC1(CS(N)(=O)=O)CCCC1. The van der Waals surface area contributed by atoms with Crippen molar-refractivity contribution >= 4 is 10.0 Å². The number of ether oxygens (including phenoxy) is 1. The Morgan fingerprint density at radius 2 is 1.92 bits per heavy atom. The van der Waals surface area contributed by atoms with E-state index in [9.17, 15) is 8.42 Å². The number of nitrogens with two attached hydrogens (primary N) is 1. The molecule has 0 saturated heterocycles. The Bertz CT molecular complexity index is 255. The van der Waals surface area contributed by atoms with Gasteiger partial charge in [-0.15, -0.1) is 0 Å². The van der Waals surface area contributed by atoms with E-state index in [1.165, 1.54) is 0 Å². The lowest BCUT2D eigenvalue weighted by Crippen LogP contribution is -2.35. The van der Waals surface area contributed by atoms with Crippen LogP contribution in [0.3, 0.4) is 0 Å². The highest BCUT2D eigenvalue weighted by Crippen LogP contribution is 2.38. The molecule has 1 aliphatic carbocycles. The Morgan fingerprint density at radius 1 is 1.38 bits per heavy atom. The molecule has 1 aliphatic rings. The normalized spacial score (nSPS) is 22.0. The molecule has 13 heavy (non-hydrogen) atoms. The molecule has 0 aromatic heterocycles. The number of sulfonamides is 1. The Labute approximate surface area is 79.5 Å². The fourth-order valence-electron chi connectivity index (χ4n) is 2.19. The van der Waals surface area contributed by atoms with Crippen molar-refractivity contribution in [3.8, 4) is 0 Å². The van der Waals surface area contributed by atoms with Crippen molar-refractivity contribution in [3.05, 3.63) is 0 Å². The third kappa shape index (κ3) is 3.25. The number of hydrogen-bond acceptors (Lipinski definition) is 3. The van der Waals surface area contributed by atoms with E-state index in [0.29, 0.717) is 6.61 Å². The number of hydrogen-bond donors (Lipinski definition) is 1. The van der Waals surface area contributed by atoms with Crippen molar-refractivity contribution in [3.63, 3.8) is 0 Å². The first kappa shape index (κ1) is 10.9. The summed E-state index contributed by atoms with van der Waals surface area (Å²) in [6.45, 7) is 0.503. The zero-order valence-corrected chi connectivity index (χ0v) is 8.77. The predicted octanol–water partition coefficient (Wildman–Crippen LogP) is 0.482. The minimum atomic E-state index is -3.37. The molecule has 0 radical (unpaired) electrons. The van der Waals surface area contributed by atoms with Crippen molar-refractivity contribution in [1.29, 1.82) is 0 Å². The van der Waals surface area contributed by atoms with E-state index in [1.54, 1.807) is 7.11 Å². The van der Waals surface area contributed by atoms with Crippen LogP contribution in [0, 0.1) is 5.41 Å². The monoisotopic (exact) mass is 207 g/mol. The van der Waals surface area contributed by atoms with Gasteiger partial charge in [0.05, 0.1) is 12.4 Å². The van der Waals surface area contributed by atoms with Crippen molar-refractivity contribution in [2.75, 3.05) is 19.5 Å². The lowest BCUT2D eigenvalue weighted by molar-refractivity contribution is 0.0986. The molecule has 1 saturated carbocycles. The van der Waals surface area contributed by atoms with Gasteiger partial charge in [-0.25, -0.2) is 13.6 Å². The smallest absolute Gasteiger partial charge is 0.209 e. The van der Waals surface area contributed by atoms with E-state index < -0.39 is 10.0 Å². The summed E-state index contributed by atoms with van der Waals surface area (Å²) in [5, 5.41) is 5.05. The van der Waals surface area contributed by atoms with E-state index in [1.807, 2.05) is 0 Å². The summed E-state index contributed by atoms with van der Waals surface area (Å²) in [4.78, 5) is 0.